The highest BCUT2D eigenvalue weighted by molar-refractivity contribution is 6.31. The summed E-state index contributed by atoms with van der Waals surface area (Å²) in [7, 11) is 3.12. The van der Waals surface area contributed by atoms with Gasteiger partial charge in [0.25, 0.3) is 0 Å². The molecule has 0 radical (unpaired) electrons. The molecule has 0 atom stereocenters. The SMILES string of the molecule is COC(=O)c1cc(NC(=O)Cc2ccccc2Cl)cc(-c2cnn(C)c2)c1. The summed E-state index contributed by atoms with van der Waals surface area (Å²) < 4.78 is 6.48. The number of nitrogens with one attached hydrogen (secondary N) is 1. The third kappa shape index (κ3) is 4.54. The van der Waals surface area contributed by atoms with Crippen LogP contribution in [0.1, 0.15) is 15.9 Å². The normalized spacial score (nSPS) is 10.5. The number of hydrogen-bond acceptors (Lipinski definition) is 4. The number of carbonyl (C=O) groups is 2. The van der Waals surface area contributed by atoms with Crippen molar-refractivity contribution in [2.24, 2.45) is 7.05 Å². The van der Waals surface area contributed by atoms with Crippen LogP contribution >= 0.6 is 11.6 Å². The van der Waals surface area contributed by atoms with Gasteiger partial charge in [0, 0.05) is 29.5 Å². The van der Waals surface area contributed by atoms with Crippen molar-refractivity contribution in [3.05, 3.63) is 71.0 Å². The van der Waals surface area contributed by atoms with E-state index in [1.54, 1.807) is 48.3 Å². The van der Waals surface area contributed by atoms with Gasteiger partial charge in [-0.2, -0.15) is 5.10 Å². The van der Waals surface area contributed by atoms with Gasteiger partial charge in [-0.1, -0.05) is 29.8 Å². The molecule has 1 N–H and O–H groups in total. The van der Waals surface area contributed by atoms with E-state index in [-0.39, 0.29) is 12.3 Å². The Morgan fingerprint density at radius 3 is 2.63 bits per heavy atom. The summed E-state index contributed by atoms with van der Waals surface area (Å²) in [6, 6.07) is 12.2. The molecule has 3 rings (SSSR count). The second kappa shape index (κ2) is 8.05. The second-order valence-corrected chi connectivity index (χ2v) is 6.42. The summed E-state index contributed by atoms with van der Waals surface area (Å²) in [6.45, 7) is 0. The first-order valence-electron chi connectivity index (χ1n) is 8.22. The van der Waals surface area contributed by atoms with Crippen molar-refractivity contribution in [1.29, 1.82) is 0 Å². The van der Waals surface area contributed by atoms with Gasteiger partial charge in [0.15, 0.2) is 0 Å². The van der Waals surface area contributed by atoms with E-state index in [2.05, 4.69) is 10.4 Å². The summed E-state index contributed by atoms with van der Waals surface area (Å²) in [4.78, 5) is 24.4. The molecular formula is C20H18ClN3O3. The Labute approximate surface area is 161 Å². The monoisotopic (exact) mass is 383 g/mol. The summed E-state index contributed by atoms with van der Waals surface area (Å²) >= 11 is 6.11. The molecule has 1 heterocycles. The Bertz CT molecular complexity index is 998. The van der Waals surface area contributed by atoms with Gasteiger partial charge in [-0.3, -0.25) is 9.48 Å². The Morgan fingerprint density at radius 1 is 1.19 bits per heavy atom. The van der Waals surface area contributed by atoms with Crippen LogP contribution in [0.3, 0.4) is 0 Å². The third-order valence-corrected chi connectivity index (χ3v) is 4.35. The number of rotatable bonds is 5. The lowest BCUT2D eigenvalue weighted by Crippen LogP contribution is -2.15. The summed E-state index contributed by atoms with van der Waals surface area (Å²) in [5, 5.41) is 7.50. The van der Waals surface area contributed by atoms with Crippen LogP contribution in [0.15, 0.2) is 54.9 Å². The molecule has 0 saturated heterocycles. The fourth-order valence-electron chi connectivity index (χ4n) is 2.69. The lowest BCUT2D eigenvalue weighted by atomic mass is 10.0. The van der Waals surface area contributed by atoms with E-state index in [1.807, 2.05) is 18.3 Å². The molecule has 0 fully saturated rings. The van der Waals surface area contributed by atoms with Crippen molar-refractivity contribution in [2.45, 2.75) is 6.42 Å². The van der Waals surface area contributed by atoms with Gasteiger partial charge in [0.05, 0.1) is 25.3 Å². The van der Waals surface area contributed by atoms with Gasteiger partial charge >= 0.3 is 5.97 Å². The maximum Gasteiger partial charge on any atom is 0.337 e. The van der Waals surface area contributed by atoms with Crippen LogP contribution in [0.5, 0.6) is 0 Å². The molecule has 0 unspecified atom stereocenters. The number of benzene rings is 2. The molecule has 0 aliphatic carbocycles. The summed E-state index contributed by atoms with van der Waals surface area (Å²) in [6.07, 6.45) is 3.64. The van der Waals surface area contributed by atoms with E-state index in [9.17, 15) is 9.59 Å². The number of esters is 1. The smallest absolute Gasteiger partial charge is 0.337 e. The largest absolute Gasteiger partial charge is 0.465 e. The van der Waals surface area contributed by atoms with Gasteiger partial charge in [0.1, 0.15) is 0 Å². The number of ether oxygens (including phenoxy) is 1. The molecule has 0 aliphatic rings. The van der Waals surface area contributed by atoms with Crippen LogP contribution in [0.25, 0.3) is 11.1 Å². The number of aryl methyl sites for hydroxylation is 1. The number of anilines is 1. The molecule has 6 nitrogen and oxygen atoms in total. The molecule has 1 amide bonds. The first-order valence-corrected chi connectivity index (χ1v) is 8.60. The molecule has 1 aromatic heterocycles. The average molecular weight is 384 g/mol. The van der Waals surface area contributed by atoms with E-state index in [1.165, 1.54) is 7.11 Å². The molecule has 0 bridgehead atoms. The van der Waals surface area contributed by atoms with E-state index in [0.717, 1.165) is 16.7 Å². The Kier molecular flexibility index (Phi) is 5.57. The zero-order chi connectivity index (χ0) is 19.4. The Balaban J connectivity index is 1.88. The molecule has 2 aromatic carbocycles. The van der Waals surface area contributed by atoms with Crippen LogP contribution in [0.2, 0.25) is 5.02 Å². The molecule has 0 spiro atoms. The third-order valence-electron chi connectivity index (χ3n) is 3.98. The van der Waals surface area contributed by atoms with Gasteiger partial charge in [-0.05, 0) is 35.4 Å². The second-order valence-electron chi connectivity index (χ2n) is 6.01. The highest BCUT2D eigenvalue weighted by Crippen LogP contribution is 2.25. The molecule has 138 valence electrons. The highest BCUT2D eigenvalue weighted by atomic mass is 35.5. The molecule has 7 heteroatoms. The minimum atomic E-state index is -0.484. The summed E-state index contributed by atoms with van der Waals surface area (Å²) in [5.41, 5.74) is 3.14. The topological polar surface area (TPSA) is 73.2 Å². The summed E-state index contributed by atoms with van der Waals surface area (Å²) in [5.74, 6) is -0.718. The van der Waals surface area contributed by atoms with Gasteiger partial charge in [-0.25, -0.2) is 4.79 Å². The number of hydrogen-bond donors (Lipinski definition) is 1. The van der Waals surface area contributed by atoms with Gasteiger partial charge < -0.3 is 10.1 Å². The maximum atomic E-state index is 12.4. The van der Waals surface area contributed by atoms with Gasteiger partial charge in [0.2, 0.25) is 5.91 Å². The minimum absolute atomic E-state index is 0.129. The number of nitrogens with zero attached hydrogens (tertiary/aromatic N) is 2. The van der Waals surface area contributed by atoms with Crippen molar-refractivity contribution in [1.82, 2.24) is 9.78 Å². The number of carbonyl (C=O) groups excluding carboxylic acids is 2. The minimum Gasteiger partial charge on any atom is -0.465 e. The van der Waals surface area contributed by atoms with E-state index < -0.39 is 5.97 Å². The first kappa shape index (κ1) is 18.7. The first-order chi connectivity index (χ1) is 13.0. The number of aromatic nitrogens is 2. The van der Waals surface area contributed by atoms with E-state index in [0.29, 0.717) is 16.3 Å². The average Bonchev–Trinajstić information content (AvgIpc) is 3.09. The maximum absolute atomic E-state index is 12.4. The van der Waals surface area contributed by atoms with E-state index >= 15 is 0 Å². The lowest BCUT2D eigenvalue weighted by molar-refractivity contribution is -0.115. The zero-order valence-electron chi connectivity index (χ0n) is 14.9. The standard InChI is InChI=1S/C20H18ClN3O3/c1-24-12-16(11-22-24)14-7-15(20(26)27-2)9-17(8-14)23-19(25)10-13-5-3-4-6-18(13)21/h3-9,11-12H,10H2,1-2H3,(H,23,25). The molecule has 0 aliphatic heterocycles. The van der Waals surface area contributed by atoms with Crippen molar-refractivity contribution < 1.29 is 14.3 Å². The Hall–Kier alpha value is -3.12. The highest BCUT2D eigenvalue weighted by Gasteiger charge is 2.13. The van der Waals surface area contributed by atoms with E-state index in [4.69, 9.17) is 16.3 Å². The number of amides is 1. The van der Waals surface area contributed by atoms with Gasteiger partial charge in [-0.15, -0.1) is 0 Å². The van der Waals surface area contributed by atoms with Crippen molar-refractivity contribution in [3.8, 4) is 11.1 Å². The van der Waals surface area contributed by atoms with Crippen LogP contribution in [0, 0.1) is 0 Å². The molecule has 0 saturated carbocycles. The number of methoxy groups -OCH3 is 1. The predicted molar refractivity (Wildman–Crippen MR) is 104 cm³/mol. The lowest BCUT2D eigenvalue weighted by Gasteiger charge is -2.10. The molecule has 3 aromatic rings. The van der Waals surface area contributed by atoms with Crippen LogP contribution < -0.4 is 5.32 Å². The fourth-order valence-corrected chi connectivity index (χ4v) is 2.89. The fraction of sp³-hybridized carbons (Fsp3) is 0.150. The molecular weight excluding hydrogens is 366 g/mol. The Morgan fingerprint density at radius 2 is 1.96 bits per heavy atom. The molecule has 27 heavy (non-hydrogen) atoms. The quantitative estimate of drug-likeness (QED) is 0.681. The van der Waals surface area contributed by atoms with Crippen molar-refractivity contribution in [3.63, 3.8) is 0 Å². The predicted octanol–water partition coefficient (Wildman–Crippen LogP) is 3.71. The van der Waals surface area contributed by atoms with Crippen LogP contribution in [0.4, 0.5) is 5.69 Å². The number of halogens is 1. The zero-order valence-corrected chi connectivity index (χ0v) is 15.7. The van der Waals surface area contributed by atoms with Crippen LogP contribution in [-0.2, 0) is 23.0 Å². The van der Waals surface area contributed by atoms with Crippen molar-refractivity contribution >= 4 is 29.2 Å². The van der Waals surface area contributed by atoms with Crippen molar-refractivity contribution in [2.75, 3.05) is 12.4 Å². The van der Waals surface area contributed by atoms with Crippen LogP contribution in [-0.4, -0.2) is 28.8 Å².